The zero-order valence-corrected chi connectivity index (χ0v) is 14.4. The quantitative estimate of drug-likeness (QED) is 0.848. The molecule has 2 aliphatic heterocycles. The molecule has 3 heterocycles. The SMILES string of the molecule is CN1Cc2cc(-c3ccc(C(=O)N4CCCCC4)cn3)ccc2C1=O. The van der Waals surface area contributed by atoms with E-state index in [1.807, 2.05) is 35.2 Å². The Morgan fingerprint density at radius 1 is 1.08 bits per heavy atom. The number of pyridine rings is 1. The standard InChI is InChI=1S/C20H21N3O2/c1-22-13-16-11-14(5-7-17(16)20(22)25)18-8-6-15(12-21-18)19(24)23-9-3-2-4-10-23/h5-8,11-12H,2-4,9-10,13H2,1H3. The highest BCUT2D eigenvalue weighted by molar-refractivity contribution is 5.98. The summed E-state index contributed by atoms with van der Waals surface area (Å²) in [6.45, 7) is 2.31. The second kappa shape index (κ2) is 6.31. The van der Waals surface area contributed by atoms with Crippen LogP contribution in [0.25, 0.3) is 11.3 Å². The van der Waals surface area contributed by atoms with Crippen molar-refractivity contribution in [1.82, 2.24) is 14.8 Å². The number of hydrogen-bond acceptors (Lipinski definition) is 3. The highest BCUT2D eigenvalue weighted by atomic mass is 16.2. The fraction of sp³-hybridized carbons (Fsp3) is 0.350. The minimum atomic E-state index is 0.0667. The summed E-state index contributed by atoms with van der Waals surface area (Å²) < 4.78 is 0. The Labute approximate surface area is 147 Å². The van der Waals surface area contributed by atoms with Gasteiger partial charge >= 0.3 is 0 Å². The second-order valence-corrected chi connectivity index (χ2v) is 6.82. The normalized spacial score (nSPS) is 16.9. The molecule has 0 bridgehead atoms. The number of carbonyl (C=O) groups is 2. The van der Waals surface area contributed by atoms with Crippen molar-refractivity contribution in [3.8, 4) is 11.3 Å². The molecule has 1 fully saturated rings. The third-order valence-corrected chi connectivity index (χ3v) is 5.04. The van der Waals surface area contributed by atoms with Crippen molar-refractivity contribution in [1.29, 1.82) is 0 Å². The lowest BCUT2D eigenvalue weighted by molar-refractivity contribution is 0.0723. The lowest BCUT2D eigenvalue weighted by Gasteiger charge is -2.26. The number of rotatable bonds is 2. The Morgan fingerprint density at radius 2 is 1.88 bits per heavy atom. The molecular formula is C20H21N3O2. The summed E-state index contributed by atoms with van der Waals surface area (Å²) in [7, 11) is 1.81. The molecule has 1 saturated heterocycles. The monoisotopic (exact) mass is 335 g/mol. The smallest absolute Gasteiger partial charge is 0.255 e. The molecule has 2 aliphatic rings. The van der Waals surface area contributed by atoms with Gasteiger partial charge in [0.25, 0.3) is 11.8 Å². The molecule has 1 aromatic heterocycles. The van der Waals surface area contributed by atoms with Gasteiger partial charge < -0.3 is 9.80 Å². The van der Waals surface area contributed by atoms with Crippen molar-refractivity contribution in [3.05, 3.63) is 53.2 Å². The van der Waals surface area contributed by atoms with Gasteiger partial charge in [-0.15, -0.1) is 0 Å². The highest BCUT2D eigenvalue weighted by Crippen LogP contribution is 2.27. The first-order chi connectivity index (χ1) is 12.1. The first-order valence-electron chi connectivity index (χ1n) is 8.77. The van der Waals surface area contributed by atoms with Crippen molar-refractivity contribution in [3.63, 3.8) is 0 Å². The first kappa shape index (κ1) is 15.8. The van der Waals surface area contributed by atoms with Crippen LogP contribution in [0, 0.1) is 0 Å². The fourth-order valence-corrected chi connectivity index (χ4v) is 3.60. The maximum atomic E-state index is 12.5. The molecule has 5 heteroatoms. The van der Waals surface area contributed by atoms with E-state index in [9.17, 15) is 9.59 Å². The molecule has 4 rings (SSSR count). The number of likely N-dealkylation sites (tertiary alicyclic amines) is 1. The molecule has 5 nitrogen and oxygen atoms in total. The molecule has 128 valence electrons. The van der Waals surface area contributed by atoms with Crippen molar-refractivity contribution in [2.24, 2.45) is 0 Å². The van der Waals surface area contributed by atoms with Gasteiger partial charge in [0.2, 0.25) is 0 Å². The predicted molar refractivity (Wildman–Crippen MR) is 95.2 cm³/mol. The average molecular weight is 335 g/mol. The van der Waals surface area contributed by atoms with Gasteiger partial charge in [-0.25, -0.2) is 0 Å². The van der Waals surface area contributed by atoms with Crippen LogP contribution < -0.4 is 0 Å². The Morgan fingerprint density at radius 3 is 2.60 bits per heavy atom. The van der Waals surface area contributed by atoms with E-state index in [0.717, 1.165) is 48.3 Å². The van der Waals surface area contributed by atoms with E-state index in [-0.39, 0.29) is 11.8 Å². The Balaban J connectivity index is 1.56. The Bertz CT molecular complexity index is 823. The van der Waals surface area contributed by atoms with Crippen LogP contribution in [0.4, 0.5) is 0 Å². The second-order valence-electron chi connectivity index (χ2n) is 6.82. The third kappa shape index (κ3) is 2.90. The molecule has 0 N–H and O–H groups in total. The van der Waals surface area contributed by atoms with Crippen molar-refractivity contribution in [2.45, 2.75) is 25.8 Å². The van der Waals surface area contributed by atoms with Crippen LogP contribution in [0.15, 0.2) is 36.5 Å². The fourth-order valence-electron chi connectivity index (χ4n) is 3.60. The molecule has 2 aromatic rings. The van der Waals surface area contributed by atoms with Crippen LogP contribution in [-0.2, 0) is 6.54 Å². The van der Waals surface area contributed by atoms with Crippen LogP contribution in [0.2, 0.25) is 0 Å². The van der Waals surface area contributed by atoms with E-state index in [0.29, 0.717) is 12.1 Å². The molecule has 0 atom stereocenters. The molecule has 25 heavy (non-hydrogen) atoms. The minimum Gasteiger partial charge on any atom is -0.339 e. The van der Waals surface area contributed by atoms with Gasteiger partial charge in [0.15, 0.2) is 0 Å². The number of aromatic nitrogens is 1. The van der Waals surface area contributed by atoms with Crippen molar-refractivity contribution >= 4 is 11.8 Å². The first-order valence-corrected chi connectivity index (χ1v) is 8.77. The lowest BCUT2D eigenvalue weighted by atomic mass is 10.0. The van der Waals surface area contributed by atoms with Crippen LogP contribution in [-0.4, -0.2) is 46.7 Å². The largest absolute Gasteiger partial charge is 0.339 e. The molecule has 1 aromatic carbocycles. The van der Waals surface area contributed by atoms with Gasteiger partial charge in [0.1, 0.15) is 0 Å². The van der Waals surface area contributed by atoms with E-state index in [1.54, 1.807) is 18.1 Å². The van der Waals surface area contributed by atoms with E-state index >= 15 is 0 Å². The van der Waals surface area contributed by atoms with E-state index in [1.165, 1.54) is 6.42 Å². The number of hydrogen-bond donors (Lipinski definition) is 0. The van der Waals surface area contributed by atoms with E-state index < -0.39 is 0 Å². The van der Waals surface area contributed by atoms with Crippen LogP contribution in [0.3, 0.4) is 0 Å². The summed E-state index contributed by atoms with van der Waals surface area (Å²) >= 11 is 0. The Kier molecular flexibility index (Phi) is 3.99. The molecule has 0 aliphatic carbocycles. The topological polar surface area (TPSA) is 53.5 Å². The number of fused-ring (bicyclic) bond motifs is 1. The summed E-state index contributed by atoms with van der Waals surface area (Å²) in [5.74, 6) is 0.136. The minimum absolute atomic E-state index is 0.0667. The molecule has 0 spiro atoms. The average Bonchev–Trinajstić information content (AvgIpc) is 2.95. The van der Waals surface area contributed by atoms with Crippen LogP contribution in [0.1, 0.15) is 45.5 Å². The number of carbonyl (C=O) groups excluding carboxylic acids is 2. The van der Waals surface area contributed by atoms with E-state index in [2.05, 4.69) is 4.98 Å². The summed E-state index contributed by atoms with van der Waals surface area (Å²) in [5.41, 5.74) is 4.23. The maximum absolute atomic E-state index is 12.5. The zero-order valence-electron chi connectivity index (χ0n) is 14.4. The maximum Gasteiger partial charge on any atom is 0.255 e. The van der Waals surface area contributed by atoms with Crippen LogP contribution >= 0.6 is 0 Å². The Hall–Kier alpha value is -2.69. The van der Waals surface area contributed by atoms with Crippen molar-refractivity contribution in [2.75, 3.05) is 20.1 Å². The van der Waals surface area contributed by atoms with Gasteiger partial charge in [-0.3, -0.25) is 14.6 Å². The molecule has 0 radical (unpaired) electrons. The van der Waals surface area contributed by atoms with Gasteiger partial charge in [0, 0.05) is 44.0 Å². The zero-order chi connectivity index (χ0) is 17.4. The number of benzene rings is 1. The number of amides is 2. The molecule has 0 unspecified atom stereocenters. The van der Waals surface area contributed by atoms with Gasteiger partial charge in [0.05, 0.1) is 11.3 Å². The lowest BCUT2D eigenvalue weighted by Crippen LogP contribution is -2.35. The number of piperidine rings is 1. The van der Waals surface area contributed by atoms with Gasteiger partial charge in [-0.2, -0.15) is 0 Å². The van der Waals surface area contributed by atoms with Gasteiger partial charge in [-0.05, 0) is 49.1 Å². The van der Waals surface area contributed by atoms with Crippen LogP contribution in [0.5, 0.6) is 0 Å². The highest BCUT2D eigenvalue weighted by Gasteiger charge is 2.24. The summed E-state index contributed by atoms with van der Waals surface area (Å²) in [5, 5.41) is 0. The molecule has 2 amide bonds. The number of nitrogens with zero attached hydrogens (tertiary/aromatic N) is 3. The predicted octanol–water partition coefficient (Wildman–Crippen LogP) is 2.96. The van der Waals surface area contributed by atoms with Gasteiger partial charge in [-0.1, -0.05) is 6.07 Å². The summed E-state index contributed by atoms with van der Waals surface area (Å²) in [4.78, 5) is 32.6. The summed E-state index contributed by atoms with van der Waals surface area (Å²) in [6.07, 6.45) is 5.03. The third-order valence-electron chi connectivity index (χ3n) is 5.04. The van der Waals surface area contributed by atoms with E-state index in [4.69, 9.17) is 0 Å². The molecular weight excluding hydrogens is 314 g/mol. The summed E-state index contributed by atoms with van der Waals surface area (Å²) in [6, 6.07) is 9.55. The molecule has 0 saturated carbocycles. The van der Waals surface area contributed by atoms with Crippen molar-refractivity contribution < 1.29 is 9.59 Å².